The number of halogens is 2. The molecule has 0 aliphatic rings. The van der Waals surface area contributed by atoms with E-state index in [0.717, 1.165) is 0 Å². The van der Waals surface area contributed by atoms with Gasteiger partial charge in [-0.15, -0.1) is 0 Å². The van der Waals surface area contributed by atoms with Crippen LogP contribution in [0.25, 0.3) is 0 Å². The van der Waals surface area contributed by atoms with Gasteiger partial charge in [0.2, 0.25) is 0 Å². The molecule has 0 aliphatic carbocycles. The molecular formula is C15H12F2O. The summed E-state index contributed by atoms with van der Waals surface area (Å²) in [6, 6.07) is 12.7. The van der Waals surface area contributed by atoms with Gasteiger partial charge < -0.3 is 0 Å². The SMILES string of the molecule is O=C(c1ccc(CF)cc1)c1ccc(CF)cc1. The third kappa shape index (κ3) is 2.62. The molecule has 92 valence electrons. The molecule has 0 aromatic heterocycles. The number of carbonyl (C=O) groups is 1. The molecule has 0 atom stereocenters. The Morgan fingerprint density at radius 3 is 1.33 bits per heavy atom. The molecule has 0 fully saturated rings. The van der Waals surface area contributed by atoms with Crippen molar-refractivity contribution < 1.29 is 13.6 Å². The van der Waals surface area contributed by atoms with Crippen LogP contribution in [0.5, 0.6) is 0 Å². The van der Waals surface area contributed by atoms with Crippen molar-refractivity contribution in [1.82, 2.24) is 0 Å². The summed E-state index contributed by atoms with van der Waals surface area (Å²) >= 11 is 0. The maximum Gasteiger partial charge on any atom is 0.193 e. The topological polar surface area (TPSA) is 17.1 Å². The van der Waals surface area contributed by atoms with Gasteiger partial charge in [-0.3, -0.25) is 4.79 Å². The molecule has 0 bridgehead atoms. The van der Waals surface area contributed by atoms with E-state index in [1.165, 1.54) is 0 Å². The van der Waals surface area contributed by atoms with E-state index >= 15 is 0 Å². The average Bonchev–Trinajstić information content (AvgIpc) is 2.47. The van der Waals surface area contributed by atoms with Gasteiger partial charge in [-0.1, -0.05) is 48.5 Å². The minimum Gasteiger partial charge on any atom is -0.289 e. The zero-order chi connectivity index (χ0) is 13.0. The number of carbonyl (C=O) groups excluding carboxylic acids is 1. The number of alkyl halides is 2. The summed E-state index contributed by atoms with van der Waals surface area (Å²) in [5.41, 5.74) is 2.08. The highest BCUT2D eigenvalue weighted by Gasteiger charge is 2.08. The lowest BCUT2D eigenvalue weighted by molar-refractivity contribution is 0.103. The maximum absolute atomic E-state index is 12.3. The van der Waals surface area contributed by atoms with Crippen molar-refractivity contribution in [3.63, 3.8) is 0 Å². The number of hydrogen-bond donors (Lipinski definition) is 0. The van der Waals surface area contributed by atoms with Crippen LogP contribution in [0.3, 0.4) is 0 Å². The zero-order valence-corrected chi connectivity index (χ0v) is 9.70. The Labute approximate surface area is 104 Å². The molecule has 2 aromatic carbocycles. The first-order chi connectivity index (χ1) is 8.74. The van der Waals surface area contributed by atoms with Crippen molar-refractivity contribution in [2.75, 3.05) is 0 Å². The smallest absolute Gasteiger partial charge is 0.193 e. The normalized spacial score (nSPS) is 10.3. The maximum atomic E-state index is 12.3. The second-order valence-corrected chi connectivity index (χ2v) is 3.99. The Balaban J connectivity index is 2.23. The van der Waals surface area contributed by atoms with E-state index < -0.39 is 13.3 Å². The second-order valence-electron chi connectivity index (χ2n) is 3.99. The molecule has 0 unspecified atom stereocenters. The Kier molecular flexibility index (Phi) is 3.82. The monoisotopic (exact) mass is 246 g/mol. The third-order valence-corrected chi connectivity index (χ3v) is 2.74. The molecule has 0 saturated heterocycles. The third-order valence-electron chi connectivity index (χ3n) is 2.74. The van der Waals surface area contributed by atoms with Crippen LogP contribution in [0.4, 0.5) is 8.78 Å². The van der Waals surface area contributed by atoms with Gasteiger partial charge in [0.25, 0.3) is 0 Å². The molecule has 18 heavy (non-hydrogen) atoms. The second kappa shape index (κ2) is 5.54. The fourth-order valence-corrected chi connectivity index (χ4v) is 1.66. The lowest BCUT2D eigenvalue weighted by Crippen LogP contribution is -2.01. The first kappa shape index (κ1) is 12.4. The van der Waals surface area contributed by atoms with Crippen LogP contribution in [-0.2, 0) is 13.3 Å². The van der Waals surface area contributed by atoms with Crippen molar-refractivity contribution in [2.45, 2.75) is 13.3 Å². The number of hydrogen-bond acceptors (Lipinski definition) is 1. The zero-order valence-electron chi connectivity index (χ0n) is 9.70. The molecule has 0 radical (unpaired) electrons. The summed E-state index contributed by atoms with van der Waals surface area (Å²) in [4.78, 5) is 12.1. The van der Waals surface area contributed by atoms with Crippen LogP contribution < -0.4 is 0 Å². The van der Waals surface area contributed by atoms with Crippen LogP contribution >= 0.6 is 0 Å². The molecule has 0 N–H and O–H groups in total. The Hall–Kier alpha value is -2.03. The minimum absolute atomic E-state index is 0.147. The van der Waals surface area contributed by atoms with Crippen molar-refractivity contribution in [3.8, 4) is 0 Å². The van der Waals surface area contributed by atoms with Gasteiger partial charge in [-0.2, -0.15) is 0 Å². The van der Waals surface area contributed by atoms with Gasteiger partial charge in [0, 0.05) is 11.1 Å². The van der Waals surface area contributed by atoms with Crippen LogP contribution in [-0.4, -0.2) is 5.78 Å². The summed E-state index contributed by atoms with van der Waals surface area (Å²) in [6.45, 7) is -1.08. The molecule has 0 spiro atoms. The molecule has 0 amide bonds. The van der Waals surface area contributed by atoms with Gasteiger partial charge in [-0.05, 0) is 11.1 Å². The lowest BCUT2D eigenvalue weighted by Gasteiger charge is -2.03. The molecular weight excluding hydrogens is 234 g/mol. The predicted octanol–water partition coefficient (Wildman–Crippen LogP) is 3.86. The average molecular weight is 246 g/mol. The molecule has 1 nitrogen and oxygen atoms in total. The van der Waals surface area contributed by atoms with E-state index in [1.807, 2.05) is 0 Å². The van der Waals surface area contributed by atoms with Crippen LogP contribution in [0, 0.1) is 0 Å². The summed E-state index contributed by atoms with van der Waals surface area (Å²) in [6.07, 6.45) is 0. The van der Waals surface area contributed by atoms with Crippen LogP contribution in [0.1, 0.15) is 27.0 Å². The number of rotatable bonds is 4. The summed E-state index contributed by atoms with van der Waals surface area (Å²) in [5, 5.41) is 0. The van der Waals surface area contributed by atoms with Gasteiger partial charge in [0.05, 0.1) is 0 Å². The van der Waals surface area contributed by atoms with Crippen LogP contribution in [0.15, 0.2) is 48.5 Å². The number of ketones is 1. The highest BCUT2D eigenvalue weighted by molar-refractivity contribution is 6.08. The summed E-state index contributed by atoms with van der Waals surface area (Å²) < 4.78 is 24.7. The molecule has 0 aliphatic heterocycles. The predicted molar refractivity (Wildman–Crippen MR) is 65.9 cm³/mol. The highest BCUT2D eigenvalue weighted by atomic mass is 19.1. The quantitative estimate of drug-likeness (QED) is 0.749. The van der Waals surface area contributed by atoms with Gasteiger partial charge in [0.15, 0.2) is 5.78 Å². The largest absolute Gasteiger partial charge is 0.289 e. The van der Waals surface area contributed by atoms with E-state index in [9.17, 15) is 13.6 Å². The van der Waals surface area contributed by atoms with Crippen molar-refractivity contribution in [3.05, 3.63) is 70.8 Å². The van der Waals surface area contributed by atoms with Crippen molar-refractivity contribution >= 4 is 5.78 Å². The summed E-state index contributed by atoms with van der Waals surface area (Å²) in [5.74, 6) is -0.147. The molecule has 2 rings (SSSR count). The number of benzene rings is 2. The van der Waals surface area contributed by atoms with Crippen molar-refractivity contribution in [2.24, 2.45) is 0 Å². The van der Waals surface area contributed by atoms with Gasteiger partial charge >= 0.3 is 0 Å². The van der Waals surface area contributed by atoms with Crippen LogP contribution in [0.2, 0.25) is 0 Å². The van der Waals surface area contributed by atoms with Gasteiger partial charge in [-0.25, -0.2) is 8.78 Å². The van der Waals surface area contributed by atoms with E-state index in [1.54, 1.807) is 48.5 Å². The molecule has 2 aromatic rings. The highest BCUT2D eigenvalue weighted by Crippen LogP contribution is 2.13. The van der Waals surface area contributed by atoms with E-state index in [0.29, 0.717) is 22.3 Å². The Morgan fingerprint density at radius 1 is 0.722 bits per heavy atom. The lowest BCUT2D eigenvalue weighted by atomic mass is 10.0. The fraction of sp³-hybridized carbons (Fsp3) is 0.133. The molecule has 0 heterocycles. The first-order valence-electron chi connectivity index (χ1n) is 5.59. The van der Waals surface area contributed by atoms with E-state index in [2.05, 4.69) is 0 Å². The summed E-state index contributed by atoms with van der Waals surface area (Å²) in [7, 11) is 0. The van der Waals surface area contributed by atoms with E-state index in [4.69, 9.17) is 0 Å². The Morgan fingerprint density at radius 2 is 1.06 bits per heavy atom. The molecule has 3 heteroatoms. The fourth-order valence-electron chi connectivity index (χ4n) is 1.66. The molecule has 0 saturated carbocycles. The Bertz CT molecular complexity index is 480. The minimum atomic E-state index is -0.542. The first-order valence-corrected chi connectivity index (χ1v) is 5.59. The van der Waals surface area contributed by atoms with Gasteiger partial charge in [0.1, 0.15) is 13.3 Å². The van der Waals surface area contributed by atoms with E-state index in [-0.39, 0.29) is 5.78 Å². The standard InChI is InChI=1S/C15H12F2O/c16-9-11-1-5-13(6-2-11)15(18)14-7-3-12(10-17)4-8-14/h1-8H,9-10H2. The van der Waals surface area contributed by atoms with Crippen molar-refractivity contribution in [1.29, 1.82) is 0 Å².